The number of aromatic amines is 1. The van der Waals surface area contributed by atoms with Gasteiger partial charge in [-0.2, -0.15) is 0 Å². The van der Waals surface area contributed by atoms with Gasteiger partial charge in [-0.1, -0.05) is 32.9 Å². The Morgan fingerprint density at radius 2 is 1.78 bits per heavy atom. The molecule has 0 bridgehead atoms. The van der Waals surface area contributed by atoms with Crippen LogP contribution in [0.5, 0.6) is 0 Å². The highest BCUT2D eigenvalue weighted by Gasteiger charge is 2.20. The first-order valence-electron chi connectivity index (χ1n) is 7.34. The van der Waals surface area contributed by atoms with Gasteiger partial charge in [0.1, 0.15) is 0 Å². The molecule has 7 nitrogen and oxygen atoms in total. The van der Waals surface area contributed by atoms with Crippen molar-refractivity contribution in [2.45, 2.75) is 20.8 Å². The van der Waals surface area contributed by atoms with Gasteiger partial charge in [-0.15, -0.1) is 0 Å². The minimum atomic E-state index is -0.488. The molecule has 2 rings (SSSR count). The first-order chi connectivity index (χ1) is 10.8. The molecule has 0 fully saturated rings. The maximum absolute atomic E-state index is 12.0. The molecule has 3 N–H and O–H groups in total. The smallest absolute Gasteiger partial charge is 0.287 e. The highest BCUT2D eigenvalue weighted by molar-refractivity contribution is 5.92. The van der Waals surface area contributed by atoms with Gasteiger partial charge in [-0.05, 0) is 12.1 Å². The van der Waals surface area contributed by atoms with E-state index in [0.717, 1.165) is 0 Å². The summed E-state index contributed by atoms with van der Waals surface area (Å²) < 4.78 is 0. The van der Waals surface area contributed by atoms with Gasteiger partial charge in [0.2, 0.25) is 5.91 Å². The lowest BCUT2D eigenvalue weighted by Gasteiger charge is -2.17. The molecule has 1 aromatic carbocycles. The first-order valence-corrected chi connectivity index (χ1v) is 7.34. The molecule has 23 heavy (non-hydrogen) atoms. The highest BCUT2D eigenvalue weighted by atomic mass is 16.2. The number of aromatic nitrogens is 2. The van der Waals surface area contributed by atoms with E-state index in [4.69, 9.17) is 0 Å². The summed E-state index contributed by atoms with van der Waals surface area (Å²) in [5.74, 6) is -0.627. The predicted molar refractivity (Wildman–Crippen MR) is 87.2 cm³/mol. The van der Waals surface area contributed by atoms with Crippen LogP contribution >= 0.6 is 0 Å². The lowest BCUT2D eigenvalue weighted by Crippen LogP contribution is -2.40. The number of hydrogen-bond acceptors (Lipinski definition) is 4. The summed E-state index contributed by atoms with van der Waals surface area (Å²) in [4.78, 5) is 42.2. The van der Waals surface area contributed by atoms with Crippen molar-refractivity contribution in [3.8, 4) is 0 Å². The van der Waals surface area contributed by atoms with E-state index < -0.39 is 11.3 Å². The van der Waals surface area contributed by atoms with Gasteiger partial charge in [-0.25, -0.2) is 4.98 Å². The van der Waals surface area contributed by atoms with Crippen LogP contribution < -0.4 is 16.2 Å². The third-order valence-electron chi connectivity index (χ3n) is 3.21. The second-order valence-electron chi connectivity index (χ2n) is 6.19. The maximum Gasteiger partial charge on any atom is 0.287 e. The summed E-state index contributed by atoms with van der Waals surface area (Å²) in [5, 5.41) is 5.77. The molecule has 0 atom stereocenters. The number of hydrogen-bond donors (Lipinski definition) is 3. The fourth-order valence-electron chi connectivity index (χ4n) is 1.89. The summed E-state index contributed by atoms with van der Waals surface area (Å²) in [6, 6.07) is 6.80. The average molecular weight is 316 g/mol. The Morgan fingerprint density at radius 3 is 2.48 bits per heavy atom. The predicted octanol–water partition coefficient (Wildman–Crippen LogP) is 0.815. The fraction of sp³-hybridized carbons (Fsp3) is 0.375. The van der Waals surface area contributed by atoms with Gasteiger partial charge >= 0.3 is 0 Å². The van der Waals surface area contributed by atoms with E-state index in [1.807, 2.05) is 20.8 Å². The van der Waals surface area contributed by atoms with Crippen LogP contribution in [0.3, 0.4) is 0 Å². The van der Waals surface area contributed by atoms with E-state index in [1.54, 1.807) is 24.3 Å². The van der Waals surface area contributed by atoms with Crippen molar-refractivity contribution in [3.63, 3.8) is 0 Å². The third-order valence-corrected chi connectivity index (χ3v) is 3.21. The second-order valence-corrected chi connectivity index (χ2v) is 6.19. The van der Waals surface area contributed by atoms with Crippen LogP contribution in [0.15, 0.2) is 29.1 Å². The van der Waals surface area contributed by atoms with Crippen molar-refractivity contribution >= 4 is 22.7 Å². The van der Waals surface area contributed by atoms with Gasteiger partial charge in [0.25, 0.3) is 11.5 Å². The number of carbonyl (C=O) groups is 2. The SMILES string of the molecule is CC(C)(C)C(=O)NCCNC(=O)c1nc2ccccc2c(=O)[nH]1. The molecule has 0 saturated heterocycles. The molecule has 0 saturated carbocycles. The molecule has 0 spiro atoms. The summed E-state index contributed by atoms with van der Waals surface area (Å²) in [6.45, 7) is 5.98. The maximum atomic E-state index is 12.0. The molecular formula is C16H20N4O3. The van der Waals surface area contributed by atoms with Crippen molar-refractivity contribution in [2.24, 2.45) is 5.41 Å². The Kier molecular flexibility index (Phi) is 4.78. The van der Waals surface area contributed by atoms with Crippen LogP contribution in [0.1, 0.15) is 31.4 Å². The highest BCUT2D eigenvalue weighted by Crippen LogP contribution is 2.11. The minimum absolute atomic E-state index is 0.0455. The Labute approximate surface area is 133 Å². The number of fused-ring (bicyclic) bond motifs is 1. The van der Waals surface area contributed by atoms with Gasteiger partial charge in [-0.3, -0.25) is 14.4 Å². The zero-order chi connectivity index (χ0) is 17.0. The lowest BCUT2D eigenvalue weighted by atomic mass is 9.96. The Bertz CT molecular complexity index is 790. The van der Waals surface area contributed by atoms with Gasteiger partial charge in [0.05, 0.1) is 10.9 Å². The number of nitrogens with one attached hydrogen (secondary N) is 3. The Balaban J connectivity index is 1.97. The summed E-state index contributed by atoms with van der Waals surface area (Å²) in [7, 11) is 0. The van der Waals surface area contributed by atoms with Crippen LogP contribution in [0.2, 0.25) is 0 Å². The summed E-state index contributed by atoms with van der Waals surface area (Å²) in [5.41, 5.74) is -0.376. The third kappa shape index (κ3) is 4.15. The van der Waals surface area contributed by atoms with Gasteiger partial charge in [0.15, 0.2) is 5.82 Å². The first kappa shape index (κ1) is 16.7. The van der Waals surface area contributed by atoms with Crippen molar-refractivity contribution < 1.29 is 9.59 Å². The Hall–Kier alpha value is -2.70. The molecule has 0 radical (unpaired) electrons. The fourth-order valence-corrected chi connectivity index (χ4v) is 1.89. The molecule has 2 aromatic rings. The standard InChI is InChI=1S/C16H20N4O3/c1-16(2,3)15(23)18-9-8-17-14(22)12-19-11-7-5-4-6-10(11)13(21)20-12/h4-7H,8-9H2,1-3H3,(H,17,22)(H,18,23)(H,19,20,21). The number of H-pyrrole nitrogens is 1. The van der Waals surface area contributed by atoms with Crippen LogP contribution in [-0.4, -0.2) is 34.9 Å². The summed E-state index contributed by atoms with van der Waals surface area (Å²) >= 11 is 0. The van der Waals surface area contributed by atoms with Crippen LogP contribution in [0, 0.1) is 5.41 Å². The van der Waals surface area contributed by atoms with Crippen LogP contribution in [0.25, 0.3) is 10.9 Å². The van der Waals surface area contributed by atoms with Gasteiger partial charge < -0.3 is 15.6 Å². The number of benzene rings is 1. The molecule has 122 valence electrons. The van der Waals surface area contributed by atoms with E-state index in [-0.39, 0.29) is 23.8 Å². The number of para-hydroxylation sites is 1. The molecular weight excluding hydrogens is 296 g/mol. The topological polar surface area (TPSA) is 104 Å². The zero-order valence-corrected chi connectivity index (χ0v) is 13.4. The number of carbonyl (C=O) groups excluding carboxylic acids is 2. The van der Waals surface area contributed by atoms with Crippen molar-refractivity contribution in [2.75, 3.05) is 13.1 Å². The number of rotatable bonds is 4. The number of nitrogens with zero attached hydrogens (tertiary/aromatic N) is 1. The van der Waals surface area contributed by atoms with Gasteiger partial charge in [0, 0.05) is 18.5 Å². The zero-order valence-electron chi connectivity index (χ0n) is 13.4. The quantitative estimate of drug-likeness (QED) is 0.726. The molecule has 1 heterocycles. The molecule has 0 aliphatic rings. The molecule has 7 heteroatoms. The van der Waals surface area contributed by atoms with Crippen molar-refractivity contribution in [1.29, 1.82) is 0 Å². The van der Waals surface area contributed by atoms with E-state index in [9.17, 15) is 14.4 Å². The normalized spacial score (nSPS) is 11.3. The van der Waals surface area contributed by atoms with Crippen molar-refractivity contribution in [3.05, 3.63) is 40.4 Å². The molecule has 0 unspecified atom stereocenters. The monoisotopic (exact) mass is 316 g/mol. The minimum Gasteiger partial charge on any atom is -0.354 e. The molecule has 2 amide bonds. The van der Waals surface area contributed by atoms with Crippen LogP contribution in [0.4, 0.5) is 0 Å². The Morgan fingerprint density at radius 1 is 1.13 bits per heavy atom. The molecule has 0 aliphatic carbocycles. The number of amides is 2. The van der Waals surface area contributed by atoms with E-state index >= 15 is 0 Å². The van der Waals surface area contributed by atoms with Crippen molar-refractivity contribution in [1.82, 2.24) is 20.6 Å². The van der Waals surface area contributed by atoms with E-state index in [1.165, 1.54) is 0 Å². The summed E-state index contributed by atoms with van der Waals surface area (Å²) in [6.07, 6.45) is 0. The lowest BCUT2D eigenvalue weighted by molar-refractivity contribution is -0.128. The largest absolute Gasteiger partial charge is 0.354 e. The molecule has 0 aliphatic heterocycles. The molecule has 1 aromatic heterocycles. The van der Waals surface area contributed by atoms with E-state index in [0.29, 0.717) is 17.4 Å². The average Bonchev–Trinajstić information content (AvgIpc) is 2.50. The second kappa shape index (κ2) is 6.60. The van der Waals surface area contributed by atoms with Crippen LogP contribution in [-0.2, 0) is 4.79 Å². The van der Waals surface area contributed by atoms with E-state index in [2.05, 4.69) is 20.6 Å².